The number of anilines is 2. The Labute approximate surface area is 129 Å². The first-order chi connectivity index (χ1) is 10.3. The van der Waals surface area contributed by atoms with Crippen molar-refractivity contribution in [1.82, 2.24) is 15.2 Å². The zero-order valence-electron chi connectivity index (χ0n) is 11.8. The van der Waals surface area contributed by atoms with E-state index >= 15 is 0 Å². The minimum Gasteiger partial charge on any atom is -0.368 e. The maximum atomic E-state index is 5.88. The molecule has 0 amide bonds. The summed E-state index contributed by atoms with van der Waals surface area (Å²) < 4.78 is 0. The van der Waals surface area contributed by atoms with Crippen molar-refractivity contribution in [2.24, 2.45) is 0 Å². The fourth-order valence-electron chi connectivity index (χ4n) is 2.42. The molecule has 1 aliphatic rings. The summed E-state index contributed by atoms with van der Waals surface area (Å²) in [4.78, 5) is 6.70. The average Bonchev–Trinajstić information content (AvgIpc) is 3.04. The van der Waals surface area contributed by atoms with Crippen molar-refractivity contribution in [2.45, 2.75) is 19.3 Å². The molecule has 1 aromatic carbocycles. The van der Waals surface area contributed by atoms with Crippen molar-refractivity contribution in [3.8, 4) is 0 Å². The normalized spacial score (nSPS) is 14.4. The first kappa shape index (κ1) is 14.1. The van der Waals surface area contributed by atoms with Gasteiger partial charge in [0.2, 0.25) is 5.95 Å². The lowest BCUT2D eigenvalue weighted by molar-refractivity contribution is 0.847. The van der Waals surface area contributed by atoms with Crippen molar-refractivity contribution in [1.29, 1.82) is 0 Å². The first-order valence-corrected chi connectivity index (χ1v) is 7.62. The second-order valence-corrected chi connectivity index (χ2v) is 5.58. The van der Waals surface area contributed by atoms with Gasteiger partial charge in [0.25, 0.3) is 0 Å². The van der Waals surface area contributed by atoms with E-state index < -0.39 is 0 Å². The van der Waals surface area contributed by atoms with Gasteiger partial charge in [-0.3, -0.25) is 0 Å². The van der Waals surface area contributed by atoms with E-state index in [-0.39, 0.29) is 0 Å². The molecule has 0 radical (unpaired) electrons. The van der Waals surface area contributed by atoms with Crippen LogP contribution in [0.1, 0.15) is 18.4 Å². The molecular formula is C15H18ClN5. The van der Waals surface area contributed by atoms with Crippen LogP contribution in [0.5, 0.6) is 0 Å². The molecule has 1 aliphatic heterocycles. The third-order valence-electron chi connectivity index (χ3n) is 3.57. The van der Waals surface area contributed by atoms with Gasteiger partial charge < -0.3 is 10.2 Å². The molecule has 6 heteroatoms. The Bertz CT molecular complexity index is 581. The predicted molar refractivity (Wildman–Crippen MR) is 84.9 cm³/mol. The quantitative estimate of drug-likeness (QED) is 0.920. The van der Waals surface area contributed by atoms with E-state index in [2.05, 4.69) is 25.4 Å². The zero-order valence-corrected chi connectivity index (χ0v) is 12.6. The molecule has 110 valence electrons. The highest BCUT2D eigenvalue weighted by molar-refractivity contribution is 6.30. The van der Waals surface area contributed by atoms with Crippen LogP contribution in [0.15, 0.2) is 30.5 Å². The van der Waals surface area contributed by atoms with Gasteiger partial charge in [0.15, 0.2) is 5.82 Å². The molecule has 3 rings (SSSR count). The zero-order chi connectivity index (χ0) is 14.5. The van der Waals surface area contributed by atoms with E-state index in [1.807, 2.05) is 24.3 Å². The smallest absolute Gasteiger partial charge is 0.247 e. The predicted octanol–water partition coefficient (Wildman–Crippen LogP) is 2.78. The molecule has 0 unspecified atom stereocenters. The fraction of sp³-hybridized carbons (Fsp3) is 0.400. The lowest BCUT2D eigenvalue weighted by Crippen LogP contribution is -2.21. The molecule has 2 aromatic rings. The summed E-state index contributed by atoms with van der Waals surface area (Å²) in [6.07, 6.45) is 5.00. The lowest BCUT2D eigenvalue weighted by atomic mass is 10.1. The summed E-state index contributed by atoms with van der Waals surface area (Å²) in [5, 5.41) is 12.2. The van der Waals surface area contributed by atoms with Crippen LogP contribution in [0, 0.1) is 0 Å². The van der Waals surface area contributed by atoms with Gasteiger partial charge >= 0.3 is 0 Å². The fourth-order valence-corrected chi connectivity index (χ4v) is 2.54. The highest BCUT2D eigenvalue weighted by Crippen LogP contribution is 2.16. The molecule has 1 aromatic heterocycles. The average molecular weight is 304 g/mol. The van der Waals surface area contributed by atoms with Gasteiger partial charge in [0.1, 0.15) is 0 Å². The number of hydrogen-bond donors (Lipinski definition) is 1. The summed E-state index contributed by atoms with van der Waals surface area (Å²) >= 11 is 5.88. The highest BCUT2D eigenvalue weighted by Gasteiger charge is 2.15. The van der Waals surface area contributed by atoms with Gasteiger partial charge in [-0.25, -0.2) is 0 Å². The van der Waals surface area contributed by atoms with Crippen molar-refractivity contribution < 1.29 is 0 Å². The second kappa shape index (κ2) is 6.72. The topological polar surface area (TPSA) is 53.9 Å². The van der Waals surface area contributed by atoms with Crippen LogP contribution in [-0.4, -0.2) is 34.8 Å². The van der Waals surface area contributed by atoms with E-state index in [4.69, 9.17) is 11.6 Å². The largest absolute Gasteiger partial charge is 0.368 e. The molecule has 1 fully saturated rings. The van der Waals surface area contributed by atoms with E-state index in [1.165, 1.54) is 18.4 Å². The molecular weight excluding hydrogens is 286 g/mol. The van der Waals surface area contributed by atoms with Crippen LogP contribution in [0.4, 0.5) is 11.8 Å². The van der Waals surface area contributed by atoms with E-state index in [9.17, 15) is 0 Å². The maximum absolute atomic E-state index is 5.88. The monoisotopic (exact) mass is 303 g/mol. The Morgan fingerprint density at radius 3 is 2.67 bits per heavy atom. The van der Waals surface area contributed by atoms with Crippen LogP contribution in [0.2, 0.25) is 5.02 Å². The number of benzene rings is 1. The lowest BCUT2D eigenvalue weighted by Gasteiger charge is -2.14. The molecule has 0 saturated carbocycles. The molecule has 0 aliphatic carbocycles. The van der Waals surface area contributed by atoms with Gasteiger partial charge in [-0.2, -0.15) is 10.1 Å². The maximum Gasteiger partial charge on any atom is 0.247 e. The van der Waals surface area contributed by atoms with E-state index in [0.717, 1.165) is 42.8 Å². The van der Waals surface area contributed by atoms with Crippen molar-refractivity contribution in [3.05, 3.63) is 41.0 Å². The van der Waals surface area contributed by atoms with Crippen LogP contribution in [-0.2, 0) is 6.42 Å². The summed E-state index contributed by atoms with van der Waals surface area (Å²) in [5.74, 6) is 1.50. The number of nitrogens with zero attached hydrogens (tertiary/aromatic N) is 4. The summed E-state index contributed by atoms with van der Waals surface area (Å²) in [6.45, 7) is 2.85. The number of halogens is 1. The minimum atomic E-state index is 0.726. The Hall–Kier alpha value is -1.88. The van der Waals surface area contributed by atoms with Gasteiger partial charge in [-0.15, -0.1) is 5.10 Å². The number of aromatic nitrogens is 3. The summed E-state index contributed by atoms with van der Waals surface area (Å²) in [6, 6.07) is 7.90. The van der Waals surface area contributed by atoms with Crippen LogP contribution in [0.25, 0.3) is 0 Å². The Kier molecular flexibility index (Phi) is 4.50. The number of rotatable bonds is 5. The van der Waals surface area contributed by atoms with Gasteiger partial charge in [-0.05, 0) is 37.0 Å². The molecule has 21 heavy (non-hydrogen) atoms. The third-order valence-corrected chi connectivity index (χ3v) is 3.82. The molecule has 2 heterocycles. The SMILES string of the molecule is Clc1ccc(CCNc2cnnc(N3CCCC3)n2)cc1. The van der Waals surface area contributed by atoms with Crippen LogP contribution >= 0.6 is 11.6 Å². The van der Waals surface area contributed by atoms with Crippen LogP contribution < -0.4 is 10.2 Å². The molecule has 1 saturated heterocycles. The molecule has 0 bridgehead atoms. The first-order valence-electron chi connectivity index (χ1n) is 7.24. The van der Waals surface area contributed by atoms with Crippen molar-refractivity contribution in [3.63, 3.8) is 0 Å². The van der Waals surface area contributed by atoms with Gasteiger partial charge in [0.05, 0.1) is 6.20 Å². The third kappa shape index (κ3) is 3.82. The number of hydrogen-bond acceptors (Lipinski definition) is 5. The molecule has 5 nitrogen and oxygen atoms in total. The van der Waals surface area contributed by atoms with Gasteiger partial charge in [-0.1, -0.05) is 23.7 Å². The minimum absolute atomic E-state index is 0.726. The highest BCUT2D eigenvalue weighted by atomic mass is 35.5. The van der Waals surface area contributed by atoms with Crippen molar-refractivity contribution >= 4 is 23.4 Å². The van der Waals surface area contributed by atoms with Crippen molar-refractivity contribution in [2.75, 3.05) is 29.9 Å². The van der Waals surface area contributed by atoms with E-state index in [1.54, 1.807) is 6.20 Å². The number of nitrogens with one attached hydrogen (secondary N) is 1. The molecule has 1 N–H and O–H groups in total. The van der Waals surface area contributed by atoms with E-state index in [0.29, 0.717) is 0 Å². The Balaban J connectivity index is 1.55. The molecule has 0 atom stereocenters. The Morgan fingerprint density at radius 1 is 1.14 bits per heavy atom. The Morgan fingerprint density at radius 2 is 1.90 bits per heavy atom. The summed E-state index contributed by atoms with van der Waals surface area (Å²) in [7, 11) is 0. The van der Waals surface area contributed by atoms with Crippen LogP contribution in [0.3, 0.4) is 0 Å². The second-order valence-electron chi connectivity index (χ2n) is 5.14. The van der Waals surface area contributed by atoms with Gasteiger partial charge in [0, 0.05) is 24.7 Å². The summed E-state index contributed by atoms with van der Waals surface area (Å²) in [5.41, 5.74) is 1.24. The molecule has 0 spiro atoms. The standard InChI is InChI=1S/C15H18ClN5/c16-13-5-3-12(4-6-13)7-8-17-14-11-18-20-15(19-14)21-9-1-2-10-21/h3-6,11H,1-2,7-10H2,(H,17,19,20).